The summed E-state index contributed by atoms with van der Waals surface area (Å²) in [6.07, 6.45) is 6.15. The van der Waals surface area contributed by atoms with Crippen LogP contribution in [0.2, 0.25) is 0 Å². The number of anilines is 1. The summed E-state index contributed by atoms with van der Waals surface area (Å²) in [7, 11) is 0. The predicted octanol–water partition coefficient (Wildman–Crippen LogP) is 2.03. The number of amides is 1. The van der Waals surface area contributed by atoms with E-state index in [1.165, 1.54) is 10.6 Å². The summed E-state index contributed by atoms with van der Waals surface area (Å²) in [5.74, 6) is 0.0676. The molecule has 0 saturated heterocycles. The number of nitrogens with zero attached hydrogens (tertiary/aromatic N) is 6. The number of aromatic amines is 1. The minimum atomic E-state index is -0.352. The lowest BCUT2D eigenvalue weighted by Gasteiger charge is -2.34. The van der Waals surface area contributed by atoms with Crippen molar-refractivity contribution in [1.29, 1.82) is 0 Å². The molecule has 6 rings (SSSR count). The maximum atomic E-state index is 14.3. The van der Waals surface area contributed by atoms with E-state index in [4.69, 9.17) is 0 Å². The number of hydrogen-bond acceptors (Lipinski definition) is 6. The number of H-pyrrole nitrogens is 1. The third-order valence-corrected chi connectivity index (χ3v) is 5.76. The number of pyridine rings is 1. The Morgan fingerprint density at radius 1 is 1.23 bits per heavy atom. The highest BCUT2D eigenvalue weighted by molar-refractivity contribution is 5.92. The van der Waals surface area contributed by atoms with E-state index in [2.05, 4.69) is 30.6 Å². The number of imidazole rings is 1. The van der Waals surface area contributed by atoms with Gasteiger partial charge in [-0.05, 0) is 43.2 Å². The second kappa shape index (κ2) is 6.86. The highest BCUT2D eigenvalue weighted by atomic mass is 19.1. The van der Waals surface area contributed by atoms with Gasteiger partial charge >= 0.3 is 0 Å². The molecule has 1 aliphatic heterocycles. The minimum absolute atomic E-state index is 0.206. The molecule has 5 heterocycles. The fourth-order valence-electron chi connectivity index (χ4n) is 4.04. The van der Waals surface area contributed by atoms with Crippen LogP contribution in [-0.2, 0) is 6.42 Å². The van der Waals surface area contributed by atoms with Gasteiger partial charge in [-0.3, -0.25) is 4.79 Å². The topological polar surface area (TPSA) is 104 Å². The molecule has 156 valence electrons. The first kappa shape index (κ1) is 18.0. The van der Waals surface area contributed by atoms with Crippen LogP contribution < -0.4 is 10.2 Å². The Hall–Kier alpha value is -3.82. The predicted molar refractivity (Wildman–Crippen MR) is 109 cm³/mol. The van der Waals surface area contributed by atoms with E-state index in [-0.39, 0.29) is 23.8 Å². The summed E-state index contributed by atoms with van der Waals surface area (Å²) in [6, 6.07) is 8.15. The molecular weight excluding hydrogens is 399 g/mol. The molecule has 1 saturated carbocycles. The van der Waals surface area contributed by atoms with Gasteiger partial charge in [-0.25, -0.2) is 13.9 Å². The fraction of sp³-hybridized carbons (Fsp3) is 0.286. The second-order valence-electron chi connectivity index (χ2n) is 7.89. The number of carbonyl (C=O) groups excluding carboxylic acids is 1. The van der Waals surface area contributed by atoms with Crippen molar-refractivity contribution in [3.05, 3.63) is 71.4 Å². The molecule has 0 bridgehead atoms. The van der Waals surface area contributed by atoms with Gasteiger partial charge in [-0.15, -0.1) is 10.2 Å². The zero-order valence-corrected chi connectivity index (χ0v) is 16.5. The molecule has 0 spiro atoms. The van der Waals surface area contributed by atoms with E-state index in [0.29, 0.717) is 29.3 Å². The van der Waals surface area contributed by atoms with Gasteiger partial charge in [0.15, 0.2) is 11.5 Å². The summed E-state index contributed by atoms with van der Waals surface area (Å²) in [6.45, 7) is 0.651. The van der Waals surface area contributed by atoms with Crippen molar-refractivity contribution >= 4 is 17.2 Å². The third kappa shape index (κ3) is 3.11. The Morgan fingerprint density at radius 2 is 2.13 bits per heavy atom. The van der Waals surface area contributed by atoms with Gasteiger partial charge in [0.25, 0.3) is 5.91 Å². The molecular formula is C21H19FN8O. The first-order chi connectivity index (χ1) is 15.2. The third-order valence-electron chi connectivity index (χ3n) is 5.76. The number of aromatic nitrogens is 6. The smallest absolute Gasteiger partial charge is 0.272 e. The van der Waals surface area contributed by atoms with E-state index >= 15 is 0 Å². The van der Waals surface area contributed by atoms with E-state index in [0.717, 1.165) is 30.7 Å². The SMILES string of the molecule is O=C(NC1CC1)c1ccc(N2CCc3[nH]cnc3C2c2cc3c(F)cccn3n2)nn1. The van der Waals surface area contributed by atoms with Crippen LogP contribution >= 0.6 is 0 Å². The van der Waals surface area contributed by atoms with E-state index < -0.39 is 0 Å². The number of hydrogen-bond donors (Lipinski definition) is 2. The molecule has 2 N–H and O–H groups in total. The maximum absolute atomic E-state index is 14.3. The van der Waals surface area contributed by atoms with E-state index in [1.807, 2.05) is 4.90 Å². The molecule has 4 aromatic heterocycles. The Balaban J connectivity index is 1.38. The summed E-state index contributed by atoms with van der Waals surface area (Å²) >= 11 is 0. The number of halogens is 1. The monoisotopic (exact) mass is 418 g/mol. The molecule has 9 nitrogen and oxygen atoms in total. The lowest BCUT2D eigenvalue weighted by Crippen LogP contribution is -2.37. The van der Waals surface area contributed by atoms with Gasteiger partial charge in [0, 0.05) is 30.9 Å². The first-order valence-corrected chi connectivity index (χ1v) is 10.2. The van der Waals surface area contributed by atoms with Crippen LogP contribution in [0.4, 0.5) is 10.2 Å². The molecule has 10 heteroatoms. The Morgan fingerprint density at radius 3 is 2.90 bits per heavy atom. The lowest BCUT2D eigenvalue weighted by molar-refractivity contribution is 0.0945. The van der Waals surface area contributed by atoms with Crippen LogP contribution in [-0.4, -0.2) is 48.3 Å². The van der Waals surface area contributed by atoms with Gasteiger partial charge in [0.2, 0.25) is 0 Å². The molecule has 0 aromatic carbocycles. The molecule has 1 fully saturated rings. The Kier molecular flexibility index (Phi) is 3.98. The molecule has 1 atom stereocenters. The maximum Gasteiger partial charge on any atom is 0.272 e. The van der Waals surface area contributed by atoms with Crippen LogP contribution in [0.15, 0.2) is 42.9 Å². The quantitative estimate of drug-likeness (QED) is 0.526. The van der Waals surface area contributed by atoms with Gasteiger partial charge in [-0.2, -0.15) is 5.10 Å². The van der Waals surface area contributed by atoms with Crippen molar-refractivity contribution in [2.45, 2.75) is 31.3 Å². The standard InChI is InChI=1S/C21H19FN8O/c22-13-2-1-8-30-17(13)10-16(28-30)20-19-14(23-11-24-19)7-9-29(20)18-6-5-15(26-27-18)21(31)25-12-3-4-12/h1-2,5-6,8,10-12,20H,3-4,7,9H2,(H,23,24)(H,25,31). The van der Waals surface area contributed by atoms with E-state index in [1.54, 1.807) is 36.8 Å². The van der Waals surface area contributed by atoms with Gasteiger partial charge in [0.05, 0.1) is 17.7 Å². The van der Waals surface area contributed by atoms with Crippen molar-refractivity contribution in [2.24, 2.45) is 0 Å². The lowest BCUT2D eigenvalue weighted by atomic mass is 9.99. The zero-order valence-electron chi connectivity index (χ0n) is 16.5. The normalized spacial score (nSPS) is 18.2. The van der Waals surface area contributed by atoms with Crippen LogP contribution in [0.5, 0.6) is 0 Å². The molecule has 1 aliphatic carbocycles. The van der Waals surface area contributed by atoms with Crippen molar-refractivity contribution < 1.29 is 9.18 Å². The fourth-order valence-corrected chi connectivity index (χ4v) is 4.04. The van der Waals surface area contributed by atoms with Crippen LogP contribution in [0.25, 0.3) is 5.52 Å². The van der Waals surface area contributed by atoms with Crippen molar-refractivity contribution in [3.8, 4) is 0 Å². The van der Waals surface area contributed by atoms with Gasteiger partial charge in [-0.1, -0.05) is 0 Å². The van der Waals surface area contributed by atoms with Crippen LogP contribution in [0.3, 0.4) is 0 Å². The molecule has 2 aliphatic rings. The molecule has 0 radical (unpaired) electrons. The Bertz CT molecular complexity index is 1280. The van der Waals surface area contributed by atoms with Crippen molar-refractivity contribution in [2.75, 3.05) is 11.4 Å². The van der Waals surface area contributed by atoms with Gasteiger partial charge < -0.3 is 15.2 Å². The van der Waals surface area contributed by atoms with Crippen molar-refractivity contribution in [1.82, 2.24) is 35.1 Å². The van der Waals surface area contributed by atoms with Crippen molar-refractivity contribution in [3.63, 3.8) is 0 Å². The highest BCUT2D eigenvalue weighted by Crippen LogP contribution is 2.36. The number of carbonyl (C=O) groups is 1. The summed E-state index contributed by atoms with van der Waals surface area (Å²) < 4.78 is 15.8. The average Bonchev–Trinajstić information content (AvgIpc) is 3.29. The number of rotatable bonds is 4. The molecule has 31 heavy (non-hydrogen) atoms. The van der Waals surface area contributed by atoms with E-state index in [9.17, 15) is 9.18 Å². The molecule has 1 unspecified atom stereocenters. The minimum Gasteiger partial charge on any atom is -0.348 e. The average molecular weight is 418 g/mol. The zero-order chi connectivity index (χ0) is 20.9. The molecule has 4 aromatic rings. The molecule has 1 amide bonds. The summed E-state index contributed by atoms with van der Waals surface area (Å²) in [5, 5.41) is 16.0. The second-order valence-corrected chi connectivity index (χ2v) is 7.89. The highest BCUT2D eigenvalue weighted by Gasteiger charge is 2.34. The summed E-state index contributed by atoms with van der Waals surface area (Å²) in [4.78, 5) is 22.0. The number of nitrogens with one attached hydrogen (secondary N) is 2. The van der Waals surface area contributed by atoms with Crippen LogP contribution in [0.1, 0.15) is 46.5 Å². The van der Waals surface area contributed by atoms with Crippen LogP contribution in [0, 0.1) is 5.82 Å². The summed E-state index contributed by atoms with van der Waals surface area (Å²) in [5.41, 5.74) is 3.20. The largest absolute Gasteiger partial charge is 0.348 e. The van der Waals surface area contributed by atoms with Gasteiger partial charge in [0.1, 0.15) is 17.4 Å². The Labute approximate surface area is 176 Å². The number of fused-ring (bicyclic) bond motifs is 2. The first-order valence-electron chi connectivity index (χ1n) is 10.2.